The van der Waals surface area contributed by atoms with Crippen LogP contribution in [0.5, 0.6) is 0 Å². The fourth-order valence-corrected chi connectivity index (χ4v) is 3.38. The van der Waals surface area contributed by atoms with Crippen LogP contribution < -0.4 is 5.46 Å². The number of fused-ring (bicyclic) bond motifs is 1. The first-order valence-electron chi connectivity index (χ1n) is 8.12. The molecule has 6 heteroatoms. The van der Waals surface area contributed by atoms with Gasteiger partial charge in [-0.3, -0.25) is 4.79 Å². The van der Waals surface area contributed by atoms with E-state index in [0.717, 1.165) is 11.0 Å². The number of benzene rings is 2. The van der Waals surface area contributed by atoms with Gasteiger partial charge in [0.1, 0.15) is 0 Å². The summed E-state index contributed by atoms with van der Waals surface area (Å²) in [7, 11) is 0. The van der Waals surface area contributed by atoms with E-state index in [1.165, 1.54) is 13.0 Å². The van der Waals surface area contributed by atoms with E-state index in [9.17, 15) is 18.0 Å². The van der Waals surface area contributed by atoms with Crippen LogP contribution in [0.4, 0.5) is 13.2 Å². The van der Waals surface area contributed by atoms with E-state index in [1.54, 1.807) is 19.1 Å². The molecule has 1 aliphatic heterocycles. The normalized spacial score (nSPS) is 13.9. The lowest BCUT2D eigenvalue weighted by molar-refractivity contribution is -0.138. The minimum Gasteiger partial charge on any atom is -0.427 e. The van der Waals surface area contributed by atoms with Gasteiger partial charge in [0, 0.05) is 12.0 Å². The van der Waals surface area contributed by atoms with Crippen molar-refractivity contribution < 1.29 is 22.6 Å². The first-order chi connectivity index (χ1) is 11.7. The number of hydrogen-bond acceptors (Lipinski definition) is 2. The summed E-state index contributed by atoms with van der Waals surface area (Å²) in [5.41, 5.74) is 2.13. The van der Waals surface area contributed by atoms with Crippen LogP contribution in [0.25, 0.3) is 0 Å². The summed E-state index contributed by atoms with van der Waals surface area (Å²) >= 11 is 0. The molecule has 2 nitrogen and oxygen atoms in total. The topological polar surface area (TPSA) is 26.3 Å². The van der Waals surface area contributed by atoms with E-state index in [2.05, 4.69) is 0 Å². The molecule has 0 amide bonds. The van der Waals surface area contributed by atoms with Crippen LogP contribution in [0.1, 0.15) is 38.2 Å². The minimum absolute atomic E-state index is 0.0588. The number of rotatable bonds is 3. The summed E-state index contributed by atoms with van der Waals surface area (Å²) in [5, 5.41) is 0. The lowest BCUT2D eigenvalue weighted by atomic mass is 9.64. The molecule has 0 spiro atoms. The van der Waals surface area contributed by atoms with Gasteiger partial charge in [0.15, 0.2) is 5.78 Å². The minimum atomic E-state index is -4.55. The van der Waals surface area contributed by atoms with E-state index < -0.39 is 17.5 Å². The van der Waals surface area contributed by atoms with E-state index >= 15 is 0 Å². The second-order valence-electron chi connectivity index (χ2n) is 6.53. The number of alkyl halides is 3. The van der Waals surface area contributed by atoms with E-state index in [4.69, 9.17) is 4.65 Å². The van der Waals surface area contributed by atoms with Crippen LogP contribution in [0.3, 0.4) is 0 Å². The predicted octanol–water partition coefficient (Wildman–Crippen LogP) is 4.11. The van der Waals surface area contributed by atoms with Gasteiger partial charge in [-0.05, 0) is 41.6 Å². The largest absolute Gasteiger partial charge is 0.427 e. The number of carbonyl (C=O) groups excluding carboxylic acids is 1. The molecule has 2 aromatic rings. The molecule has 25 heavy (non-hydrogen) atoms. The Morgan fingerprint density at radius 1 is 1.16 bits per heavy atom. The Bertz CT molecular complexity index is 843. The van der Waals surface area contributed by atoms with Crippen molar-refractivity contribution in [1.82, 2.24) is 0 Å². The van der Waals surface area contributed by atoms with Gasteiger partial charge in [-0.25, -0.2) is 0 Å². The second kappa shape index (κ2) is 6.34. The van der Waals surface area contributed by atoms with Crippen molar-refractivity contribution >= 4 is 18.2 Å². The molecular formula is C19H18BF3O2. The third kappa shape index (κ3) is 3.36. The smallest absolute Gasteiger partial charge is 0.417 e. The number of halogens is 3. The molecule has 2 aromatic carbocycles. The van der Waals surface area contributed by atoms with Gasteiger partial charge in [-0.2, -0.15) is 13.2 Å². The van der Waals surface area contributed by atoms with Gasteiger partial charge >= 0.3 is 13.1 Å². The molecule has 3 rings (SSSR count). The van der Waals surface area contributed by atoms with E-state index in [0.29, 0.717) is 17.7 Å². The van der Waals surface area contributed by atoms with Crippen molar-refractivity contribution in [3.8, 4) is 0 Å². The maximum atomic E-state index is 13.5. The van der Waals surface area contributed by atoms with Crippen LogP contribution in [-0.2, 0) is 23.9 Å². The Balaban J connectivity index is 1.98. The summed E-state index contributed by atoms with van der Waals surface area (Å²) in [6.45, 7) is 5.31. The van der Waals surface area contributed by atoms with Gasteiger partial charge < -0.3 is 4.65 Å². The highest BCUT2D eigenvalue weighted by Crippen LogP contribution is 2.36. The van der Waals surface area contributed by atoms with Crippen LogP contribution in [0.15, 0.2) is 30.3 Å². The molecule has 130 valence electrons. The standard InChI is InChI=1S/C19H18BF3O2/c1-11-4-5-12(2)18(19(21,22)23)17(11)16(24)9-13-6-7-14-10-25-20(3)15(14)8-13/h4-8H,9-10H2,1-3H3. The van der Waals surface area contributed by atoms with Crippen molar-refractivity contribution in [1.29, 1.82) is 0 Å². The average molecular weight is 346 g/mol. The SMILES string of the molecule is CB1OCc2ccc(CC(=O)c3c(C)ccc(C)c3C(F)(F)F)cc21. The fraction of sp³-hybridized carbons (Fsp3) is 0.316. The van der Waals surface area contributed by atoms with Crippen molar-refractivity contribution in [2.24, 2.45) is 0 Å². The summed E-state index contributed by atoms with van der Waals surface area (Å²) in [6.07, 6.45) is -4.62. The maximum Gasteiger partial charge on any atom is 0.417 e. The zero-order valence-electron chi connectivity index (χ0n) is 14.3. The zero-order valence-corrected chi connectivity index (χ0v) is 14.3. The molecule has 0 radical (unpaired) electrons. The van der Waals surface area contributed by atoms with Gasteiger partial charge in [0.25, 0.3) is 0 Å². The lowest BCUT2D eigenvalue weighted by Crippen LogP contribution is -2.25. The highest BCUT2D eigenvalue weighted by atomic mass is 19.4. The molecule has 0 atom stereocenters. The number of Topliss-reactive ketones (excluding diaryl/α,β-unsaturated/α-hetero) is 1. The van der Waals surface area contributed by atoms with Crippen molar-refractivity contribution in [2.45, 2.75) is 39.9 Å². The Hall–Kier alpha value is -2.08. The molecule has 1 aliphatic rings. The maximum absolute atomic E-state index is 13.5. The van der Waals surface area contributed by atoms with E-state index in [-0.39, 0.29) is 24.5 Å². The number of aryl methyl sites for hydroxylation is 2. The van der Waals surface area contributed by atoms with Gasteiger partial charge in [-0.1, -0.05) is 37.2 Å². The fourth-order valence-electron chi connectivity index (χ4n) is 3.38. The summed E-state index contributed by atoms with van der Waals surface area (Å²) in [4.78, 5) is 12.7. The molecule has 0 saturated carbocycles. The average Bonchev–Trinajstić information content (AvgIpc) is 2.89. The number of ketones is 1. The van der Waals surface area contributed by atoms with Gasteiger partial charge in [-0.15, -0.1) is 0 Å². The summed E-state index contributed by atoms with van der Waals surface area (Å²) in [5.74, 6) is -0.514. The van der Waals surface area contributed by atoms with Crippen molar-refractivity contribution in [2.75, 3.05) is 0 Å². The highest BCUT2D eigenvalue weighted by Gasteiger charge is 2.37. The van der Waals surface area contributed by atoms with E-state index in [1.807, 2.05) is 19.0 Å². The molecule has 0 unspecified atom stereocenters. The number of hydrogen-bond donors (Lipinski definition) is 0. The van der Waals surface area contributed by atoms with Gasteiger partial charge in [0.2, 0.25) is 0 Å². The Labute approximate surface area is 145 Å². The Morgan fingerprint density at radius 3 is 2.52 bits per heavy atom. The van der Waals surface area contributed by atoms with Crippen LogP contribution in [-0.4, -0.2) is 12.7 Å². The molecule has 0 bridgehead atoms. The third-order valence-electron chi connectivity index (χ3n) is 4.69. The van der Waals surface area contributed by atoms with Crippen LogP contribution >= 0.6 is 0 Å². The molecular weight excluding hydrogens is 328 g/mol. The Morgan fingerprint density at radius 2 is 1.84 bits per heavy atom. The van der Waals surface area contributed by atoms with Crippen LogP contribution in [0, 0.1) is 13.8 Å². The molecule has 0 fully saturated rings. The van der Waals surface area contributed by atoms with Gasteiger partial charge in [0.05, 0.1) is 12.2 Å². The molecule has 1 heterocycles. The van der Waals surface area contributed by atoms with Crippen molar-refractivity contribution in [3.05, 3.63) is 63.7 Å². The quantitative estimate of drug-likeness (QED) is 0.618. The molecule has 0 saturated heterocycles. The van der Waals surface area contributed by atoms with Crippen LogP contribution in [0.2, 0.25) is 6.82 Å². The molecule has 0 N–H and O–H groups in total. The predicted molar refractivity (Wildman–Crippen MR) is 91.4 cm³/mol. The Kier molecular flexibility index (Phi) is 4.50. The summed E-state index contributed by atoms with van der Waals surface area (Å²) in [6, 6.07) is 8.51. The second-order valence-corrected chi connectivity index (χ2v) is 6.53. The molecule has 0 aromatic heterocycles. The zero-order chi connectivity index (χ0) is 18.4. The van der Waals surface area contributed by atoms with Crippen molar-refractivity contribution in [3.63, 3.8) is 0 Å². The molecule has 0 aliphatic carbocycles. The first-order valence-corrected chi connectivity index (χ1v) is 8.12. The third-order valence-corrected chi connectivity index (χ3v) is 4.69. The monoisotopic (exact) mass is 346 g/mol. The number of carbonyl (C=O) groups is 1. The highest BCUT2D eigenvalue weighted by molar-refractivity contribution is 6.67. The lowest BCUT2D eigenvalue weighted by Gasteiger charge is -2.17. The summed E-state index contributed by atoms with van der Waals surface area (Å²) < 4.78 is 45.9. The first kappa shape index (κ1) is 17.7.